The summed E-state index contributed by atoms with van der Waals surface area (Å²) in [6.07, 6.45) is 5.13. The fraction of sp³-hybridized carbons (Fsp3) is 0.368. The molecule has 2 aliphatic rings. The number of rotatable bonds is 3. The number of Topliss-reactive ketones (excluding diaryl/α,β-unsaturated/α-hetero) is 1. The van der Waals surface area contributed by atoms with E-state index < -0.39 is 0 Å². The Balaban J connectivity index is 1.56. The molecule has 2 aromatic heterocycles. The van der Waals surface area contributed by atoms with Crippen molar-refractivity contribution in [3.8, 4) is 0 Å². The van der Waals surface area contributed by atoms with Crippen LogP contribution >= 0.6 is 11.8 Å². The summed E-state index contributed by atoms with van der Waals surface area (Å²) in [6.45, 7) is 3.26. The first-order valence-corrected chi connectivity index (χ1v) is 9.91. The zero-order chi connectivity index (χ0) is 19.7. The monoisotopic (exact) mass is 397 g/mol. The highest BCUT2D eigenvalue weighted by Gasteiger charge is 2.27. The van der Waals surface area contributed by atoms with Gasteiger partial charge in [0.05, 0.1) is 22.7 Å². The predicted octanol–water partition coefficient (Wildman–Crippen LogP) is 1.83. The Bertz CT molecular complexity index is 1030. The molecule has 2 aromatic rings. The van der Waals surface area contributed by atoms with Gasteiger partial charge in [0.1, 0.15) is 5.82 Å². The second kappa shape index (κ2) is 7.67. The lowest BCUT2D eigenvalue weighted by molar-refractivity contribution is -0.119. The average molecular weight is 397 g/mol. The van der Waals surface area contributed by atoms with Crippen LogP contribution in [0.1, 0.15) is 42.4 Å². The maximum atomic E-state index is 11.8. The molecule has 0 radical (unpaired) electrons. The van der Waals surface area contributed by atoms with E-state index >= 15 is 0 Å². The molecular weight excluding hydrogens is 378 g/mol. The van der Waals surface area contributed by atoms with Gasteiger partial charge in [0.25, 0.3) is 5.56 Å². The van der Waals surface area contributed by atoms with E-state index in [0.717, 1.165) is 36.8 Å². The van der Waals surface area contributed by atoms with Crippen LogP contribution in [-0.2, 0) is 9.59 Å². The number of carbonyl (C=O) groups excluding carboxylic acids is 2. The number of aryl methyl sites for hydroxylation is 1. The van der Waals surface area contributed by atoms with Crippen molar-refractivity contribution in [1.29, 1.82) is 0 Å². The zero-order valence-corrected chi connectivity index (χ0v) is 16.2. The summed E-state index contributed by atoms with van der Waals surface area (Å²) >= 11 is 0.968. The number of nitrogens with one attached hydrogen (secondary N) is 1. The van der Waals surface area contributed by atoms with Crippen LogP contribution in [0.5, 0.6) is 0 Å². The highest BCUT2D eigenvalue weighted by molar-refractivity contribution is 8.18. The maximum absolute atomic E-state index is 11.8. The Labute approximate surface area is 165 Å². The van der Waals surface area contributed by atoms with Gasteiger partial charge >= 0.3 is 0 Å². The third kappa shape index (κ3) is 4.04. The fourth-order valence-corrected chi connectivity index (χ4v) is 4.30. The van der Waals surface area contributed by atoms with Crippen molar-refractivity contribution in [2.75, 3.05) is 18.0 Å². The predicted molar refractivity (Wildman–Crippen MR) is 106 cm³/mol. The second-order valence-electron chi connectivity index (χ2n) is 6.90. The van der Waals surface area contributed by atoms with Crippen LogP contribution in [0.2, 0.25) is 0 Å². The third-order valence-electron chi connectivity index (χ3n) is 4.75. The van der Waals surface area contributed by atoms with E-state index in [9.17, 15) is 14.4 Å². The van der Waals surface area contributed by atoms with Crippen molar-refractivity contribution >= 4 is 34.7 Å². The van der Waals surface area contributed by atoms with Gasteiger partial charge < -0.3 is 9.88 Å². The molecule has 0 bridgehead atoms. The Kier molecular flexibility index (Phi) is 5.08. The van der Waals surface area contributed by atoms with Gasteiger partial charge in [-0.1, -0.05) is 0 Å². The molecule has 28 heavy (non-hydrogen) atoms. The topological polar surface area (TPSA) is 109 Å². The Morgan fingerprint density at radius 2 is 2.14 bits per heavy atom. The summed E-state index contributed by atoms with van der Waals surface area (Å²) in [7, 11) is 0. The summed E-state index contributed by atoms with van der Waals surface area (Å²) < 4.78 is 0. The average Bonchev–Trinajstić information content (AvgIpc) is 2.98. The number of carbonyl (C=O) groups is 2. The van der Waals surface area contributed by atoms with Gasteiger partial charge in [0.2, 0.25) is 11.1 Å². The van der Waals surface area contributed by atoms with Gasteiger partial charge in [0.15, 0.2) is 5.78 Å². The van der Waals surface area contributed by atoms with Crippen LogP contribution in [0, 0.1) is 6.92 Å². The Morgan fingerprint density at radius 3 is 2.89 bits per heavy atom. The van der Waals surface area contributed by atoms with Crippen LogP contribution in [0.15, 0.2) is 28.0 Å². The number of nitrogens with zero attached hydrogens (tertiary/aromatic N) is 4. The Hall–Kier alpha value is -2.81. The first-order valence-electron chi connectivity index (χ1n) is 9.09. The van der Waals surface area contributed by atoms with Crippen LogP contribution in [0.25, 0.3) is 6.08 Å². The van der Waals surface area contributed by atoms with E-state index in [0.29, 0.717) is 28.9 Å². The zero-order valence-electron chi connectivity index (χ0n) is 15.3. The first kappa shape index (κ1) is 18.5. The van der Waals surface area contributed by atoms with Gasteiger partial charge in [-0.05, 0) is 43.7 Å². The molecule has 0 amide bonds. The standard InChI is InChI=1S/C19H19N5O3S/c1-11-21-14(8-17(26)22-11)12-3-2-6-24(10-12)19-20-5-4-13(23-19)7-16-15(25)9-18(27)28-16/h4-5,7-8,12H,2-3,6,9-10H2,1H3,(H,21,22,26)/b16-7-. The largest absolute Gasteiger partial charge is 0.340 e. The van der Waals surface area contributed by atoms with Crippen LogP contribution in [-0.4, -0.2) is 43.9 Å². The highest BCUT2D eigenvalue weighted by atomic mass is 32.2. The molecule has 9 heteroatoms. The van der Waals surface area contributed by atoms with Gasteiger partial charge in [-0.15, -0.1) is 0 Å². The van der Waals surface area contributed by atoms with Crippen molar-refractivity contribution in [3.63, 3.8) is 0 Å². The molecule has 0 aliphatic carbocycles. The summed E-state index contributed by atoms with van der Waals surface area (Å²) in [4.78, 5) is 53.6. The number of hydrogen-bond donors (Lipinski definition) is 1. The maximum Gasteiger partial charge on any atom is 0.251 e. The molecule has 0 spiro atoms. The molecule has 2 fully saturated rings. The quantitative estimate of drug-likeness (QED) is 0.617. The van der Waals surface area contributed by atoms with Crippen molar-refractivity contribution in [2.45, 2.75) is 32.1 Å². The number of anilines is 1. The normalized spacial score (nSPS) is 21.5. The minimum atomic E-state index is -0.163. The molecule has 0 saturated carbocycles. The highest BCUT2D eigenvalue weighted by Crippen LogP contribution is 2.31. The molecule has 2 aliphatic heterocycles. The van der Waals surface area contributed by atoms with Crippen molar-refractivity contribution in [1.82, 2.24) is 19.9 Å². The molecule has 4 heterocycles. The lowest BCUT2D eigenvalue weighted by Crippen LogP contribution is -2.36. The van der Waals surface area contributed by atoms with Gasteiger partial charge in [-0.2, -0.15) is 0 Å². The summed E-state index contributed by atoms with van der Waals surface area (Å²) in [5, 5.41) is -0.134. The van der Waals surface area contributed by atoms with Crippen molar-refractivity contribution in [2.24, 2.45) is 0 Å². The number of hydrogen-bond acceptors (Lipinski definition) is 8. The lowest BCUT2D eigenvalue weighted by atomic mass is 9.94. The van der Waals surface area contributed by atoms with Crippen molar-refractivity contribution < 1.29 is 9.59 Å². The van der Waals surface area contributed by atoms with E-state index in [2.05, 4.69) is 24.8 Å². The van der Waals surface area contributed by atoms with E-state index in [1.54, 1.807) is 31.3 Å². The molecule has 1 N–H and O–H groups in total. The number of H-pyrrole nitrogens is 1. The van der Waals surface area contributed by atoms with Crippen LogP contribution in [0.4, 0.5) is 5.95 Å². The molecule has 1 unspecified atom stereocenters. The molecule has 144 valence electrons. The number of thioether (sulfide) groups is 1. The number of aromatic nitrogens is 4. The van der Waals surface area contributed by atoms with E-state index in [1.807, 2.05) is 0 Å². The lowest BCUT2D eigenvalue weighted by Gasteiger charge is -2.32. The minimum Gasteiger partial charge on any atom is -0.340 e. The third-order valence-corrected chi connectivity index (χ3v) is 5.69. The molecule has 8 nitrogen and oxygen atoms in total. The number of allylic oxidation sites excluding steroid dienone is 1. The SMILES string of the molecule is Cc1nc(C2CCCN(c3nccc(/C=C4\SC(=O)CC4=O)n3)C2)cc(=O)[nH]1. The van der Waals surface area contributed by atoms with E-state index in [4.69, 9.17) is 0 Å². The Morgan fingerprint density at radius 1 is 1.29 bits per heavy atom. The van der Waals surface area contributed by atoms with Crippen LogP contribution < -0.4 is 10.5 Å². The van der Waals surface area contributed by atoms with E-state index in [-0.39, 0.29) is 28.8 Å². The smallest absolute Gasteiger partial charge is 0.251 e. The van der Waals surface area contributed by atoms with Gasteiger partial charge in [-0.3, -0.25) is 14.4 Å². The van der Waals surface area contributed by atoms with Gasteiger partial charge in [0, 0.05) is 31.3 Å². The van der Waals surface area contributed by atoms with Crippen LogP contribution in [0.3, 0.4) is 0 Å². The first-order chi connectivity index (χ1) is 13.5. The molecule has 0 aromatic carbocycles. The molecule has 2 saturated heterocycles. The summed E-state index contributed by atoms with van der Waals surface area (Å²) in [5.74, 6) is 1.15. The molecule has 4 rings (SSSR count). The van der Waals surface area contributed by atoms with Crippen molar-refractivity contribution in [3.05, 3.63) is 50.8 Å². The van der Waals surface area contributed by atoms with E-state index in [1.165, 1.54) is 0 Å². The molecular formula is C19H19N5O3S. The second-order valence-corrected chi connectivity index (χ2v) is 8.00. The summed E-state index contributed by atoms with van der Waals surface area (Å²) in [6, 6.07) is 3.28. The fourth-order valence-electron chi connectivity index (χ4n) is 3.48. The number of ketones is 1. The summed E-state index contributed by atoms with van der Waals surface area (Å²) in [5.41, 5.74) is 1.25. The number of piperidine rings is 1. The number of aromatic amines is 1. The molecule has 1 atom stereocenters. The minimum absolute atomic E-state index is 0.0507. The van der Waals surface area contributed by atoms with Gasteiger partial charge in [-0.25, -0.2) is 15.0 Å².